The normalized spacial score (nSPS) is 15.9. The van der Waals surface area contributed by atoms with Crippen molar-refractivity contribution in [2.75, 3.05) is 19.7 Å². The molecule has 7 heteroatoms. The zero-order valence-corrected chi connectivity index (χ0v) is 12.4. The molecule has 5 nitrogen and oxygen atoms in total. The summed E-state index contributed by atoms with van der Waals surface area (Å²) in [6, 6.07) is 4.03. The van der Waals surface area contributed by atoms with E-state index < -0.39 is 17.8 Å². The molecule has 108 valence electrons. The lowest BCUT2D eigenvalue weighted by Gasteiger charge is -2.20. The molecule has 2 amide bonds. The van der Waals surface area contributed by atoms with E-state index in [2.05, 4.69) is 21.2 Å². The molecule has 1 heterocycles. The van der Waals surface area contributed by atoms with E-state index in [-0.39, 0.29) is 11.6 Å². The van der Waals surface area contributed by atoms with Gasteiger partial charge in [-0.2, -0.15) is 0 Å². The standard InChI is InChI=1S/C13H14BrFN2O3/c1-8(7-17-5-6-20-13(17)19)16-12(18)11-9(14)3-2-4-10(11)15/h2-4,8H,5-7H2,1H3,(H,16,18). The number of nitrogens with one attached hydrogen (secondary N) is 1. The van der Waals surface area contributed by atoms with Gasteiger partial charge in [-0.1, -0.05) is 6.07 Å². The molecule has 1 N–H and O–H groups in total. The topological polar surface area (TPSA) is 58.6 Å². The zero-order chi connectivity index (χ0) is 14.7. The van der Waals surface area contributed by atoms with Gasteiger partial charge in [0.15, 0.2) is 0 Å². The van der Waals surface area contributed by atoms with Crippen LogP contribution in [0.4, 0.5) is 9.18 Å². The number of carbonyl (C=O) groups is 2. The fraction of sp³-hybridized carbons (Fsp3) is 0.385. The number of hydrogen-bond acceptors (Lipinski definition) is 3. The van der Waals surface area contributed by atoms with Crippen molar-refractivity contribution in [3.05, 3.63) is 34.1 Å². The Kier molecular flexibility index (Phi) is 4.59. The summed E-state index contributed by atoms with van der Waals surface area (Å²) < 4.78 is 18.8. The van der Waals surface area contributed by atoms with Crippen molar-refractivity contribution in [3.8, 4) is 0 Å². The van der Waals surface area contributed by atoms with E-state index in [1.165, 1.54) is 17.0 Å². The van der Waals surface area contributed by atoms with E-state index in [0.717, 1.165) is 0 Å². The number of rotatable bonds is 4. The van der Waals surface area contributed by atoms with Gasteiger partial charge in [0.1, 0.15) is 12.4 Å². The molecule has 1 aromatic carbocycles. The first-order chi connectivity index (χ1) is 9.49. The average molecular weight is 345 g/mol. The highest BCUT2D eigenvalue weighted by molar-refractivity contribution is 9.10. The number of amides is 2. The van der Waals surface area contributed by atoms with Crippen molar-refractivity contribution in [1.29, 1.82) is 0 Å². The number of halogens is 2. The van der Waals surface area contributed by atoms with Gasteiger partial charge in [-0.25, -0.2) is 9.18 Å². The van der Waals surface area contributed by atoms with E-state index in [0.29, 0.717) is 24.2 Å². The molecule has 0 aliphatic carbocycles. The minimum Gasteiger partial charge on any atom is -0.448 e. The summed E-state index contributed by atoms with van der Waals surface area (Å²) in [5, 5.41) is 2.67. The van der Waals surface area contributed by atoms with Crippen molar-refractivity contribution in [2.24, 2.45) is 0 Å². The van der Waals surface area contributed by atoms with Gasteiger partial charge in [0.05, 0.1) is 12.1 Å². The van der Waals surface area contributed by atoms with Crippen molar-refractivity contribution >= 4 is 27.9 Å². The predicted octanol–water partition coefficient (Wildman–Crippen LogP) is 2.16. The van der Waals surface area contributed by atoms with Gasteiger partial charge in [0.2, 0.25) is 0 Å². The molecule has 1 aromatic rings. The lowest BCUT2D eigenvalue weighted by Crippen LogP contribution is -2.42. The van der Waals surface area contributed by atoms with Gasteiger partial charge >= 0.3 is 6.09 Å². The molecule has 1 fully saturated rings. The molecular formula is C13H14BrFN2O3. The third-order valence-corrected chi connectivity index (χ3v) is 3.57. The van der Waals surface area contributed by atoms with Crippen LogP contribution < -0.4 is 5.32 Å². The van der Waals surface area contributed by atoms with Crippen molar-refractivity contribution < 1.29 is 18.7 Å². The number of ether oxygens (including phenoxy) is 1. The lowest BCUT2D eigenvalue weighted by molar-refractivity contribution is 0.0926. The quantitative estimate of drug-likeness (QED) is 0.910. The van der Waals surface area contributed by atoms with Crippen LogP contribution in [-0.4, -0.2) is 42.6 Å². The molecule has 0 spiro atoms. The van der Waals surface area contributed by atoms with Crippen LogP contribution in [0.2, 0.25) is 0 Å². The molecule has 0 radical (unpaired) electrons. The average Bonchev–Trinajstić information content (AvgIpc) is 2.74. The summed E-state index contributed by atoms with van der Waals surface area (Å²) in [6.45, 7) is 2.94. The summed E-state index contributed by atoms with van der Waals surface area (Å²) in [6.07, 6.45) is -0.391. The Balaban J connectivity index is 1.99. The van der Waals surface area contributed by atoms with Crippen LogP contribution in [0.15, 0.2) is 22.7 Å². The van der Waals surface area contributed by atoms with E-state index >= 15 is 0 Å². The molecule has 1 aliphatic rings. The second-order valence-corrected chi connectivity index (χ2v) is 5.39. The number of benzene rings is 1. The van der Waals surface area contributed by atoms with Gasteiger partial charge in [0, 0.05) is 17.1 Å². The SMILES string of the molecule is CC(CN1CCOC1=O)NC(=O)c1c(F)cccc1Br. The fourth-order valence-electron chi connectivity index (χ4n) is 1.98. The molecule has 1 aliphatic heterocycles. The van der Waals surface area contributed by atoms with Gasteiger partial charge < -0.3 is 15.0 Å². The van der Waals surface area contributed by atoms with Crippen LogP contribution in [0, 0.1) is 5.82 Å². The van der Waals surface area contributed by atoms with E-state index in [1.807, 2.05) is 0 Å². The molecule has 1 unspecified atom stereocenters. The number of carbonyl (C=O) groups excluding carboxylic acids is 2. The predicted molar refractivity (Wildman–Crippen MR) is 73.9 cm³/mol. The molecule has 1 atom stereocenters. The Morgan fingerprint density at radius 1 is 1.60 bits per heavy atom. The third-order valence-electron chi connectivity index (χ3n) is 2.91. The van der Waals surface area contributed by atoms with Gasteiger partial charge in [-0.05, 0) is 35.0 Å². The first kappa shape index (κ1) is 14.8. The Bertz CT molecular complexity index is 518. The van der Waals surface area contributed by atoms with E-state index in [9.17, 15) is 14.0 Å². The van der Waals surface area contributed by atoms with E-state index in [1.54, 1.807) is 13.0 Å². The van der Waals surface area contributed by atoms with Crippen LogP contribution in [0.25, 0.3) is 0 Å². The van der Waals surface area contributed by atoms with Crippen molar-refractivity contribution in [3.63, 3.8) is 0 Å². The van der Waals surface area contributed by atoms with Crippen LogP contribution in [0.3, 0.4) is 0 Å². The Labute approximate surface area is 124 Å². The maximum atomic E-state index is 13.6. The monoisotopic (exact) mass is 344 g/mol. The van der Waals surface area contributed by atoms with Gasteiger partial charge in [-0.3, -0.25) is 4.79 Å². The van der Waals surface area contributed by atoms with E-state index in [4.69, 9.17) is 4.74 Å². The second kappa shape index (κ2) is 6.21. The summed E-state index contributed by atoms with van der Waals surface area (Å²) in [5.41, 5.74) is -0.0386. The number of cyclic esters (lactones) is 1. The van der Waals surface area contributed by atoms with Gasteiger partial charge in [0.25, 0.3) is 5.91 Å². The minimum absolute atomic E-state index is 0.0386. The Hall–Kier alpha value is -1.63. The summed E-state index contributed by atoms with van der Waals surface area (Å²) >= 11 is 3.15. The highest BCUT2D eigenvalue weighted by Crippen LogP contribution is 2.19. The van der Waals surface area contributed by atoms with Crippen LogP contribution in [-0.2, 0) is 4.74 Å². The maximum absolute atomic E-state index is 13.6. The molecular weight excluding hydrogens is 331 g/mol. The number of hydrogen-bond donors (Lipinski definition) is 1. The van der Waals surface area contributed by atoms with Crippen LogP contribution in [0.1, 0.15) is 17.3 Å². The molecule has 2 rings (SSSR count). The first-order valence-electron chi connectivity index (χ1n) is 6.15. The van der Waals surface area contributed by atoms with Crippen molar-refractivity contribution in [1.82, 2.24) is 10.2 Å². The smallest absolute Gasteiger partial charge is 0.410 e. The summed E-state index contributed by atoms with van der Waals surface area (Å²) in [4.78, 5) is 24.8. The van der Waals surface area contributed by atoms with Crippen molar-refractivity contribution in [2.45, 2.75) is 13.0 Å². The zero-order valence-electron chi connectivity index (χ0n) is 10.9. The Morgan fingerprint density at radius 3 is 2.95 bits per heavy atom. The molecule has 0 bridgehead atoms. The summed E-state index contributed by atoms with van der Waals surface area (Å²) in [5.74, 6) is -1.11. The minimum atomic E-state index is -0.593. The van der Waals surface area contributed by atoms with Crippen LogP contribution in [0.5, 0.6) is 0 Å². The van der Waals surface area contributed by atoms with Gasteiger partial charge in [-0.15, -0.1) is 0 Å². The lowest BCUT2D eigenvalue weighted by atomic mass is 10.2. The summed E-state index contributed by atoms with van der Waals surface area (Å²) in [7, 11) is 0. The van der Waals surface area contributed by atoms with Crippen LogP contribution >= 0.6 is 15.9 Å². The molecule has 0 saturated carbocycles. The molecule has 1 saturated heterocycles. The highest BCUT2D eigenvalue weighted by Gasteiger charge is 2.25. The first-order valence-corrected chi connectivity index (χ1v) is 6.95. The largest absolute Gasteiger partial charge is 0.448 e. The fourth-order valence-corrected chi connectivity index (χ4v) is 2.50. The number of nitrogens with zero attached hydrogens (tertiary/aromatic N) is 1. The molecule has 20 heavy (non-hydrogen) atoms. The highest BCUT2D eigenvalue weighted by atomic mass is 79.9. The molecule has 0 aromatic heterocycles. The second-order valence-electron chi connectivity index (χ2n) is 4.53. The third kappa shape index (κ3) is 3.27. The Morgan fingerprint density at radius 2 is 2.35 bits per heavy atom. The maximum Gasteiger partial charge on any atom is 0.410 e.